The second-order valence-electron chi connectivity index (χ2n) is 8.43. The van der Waals surface area contributed by atoms with Crippen molar-refractivity contribution in [2.24, 2.45) is 0 Å². The number of nitrogens with zero attached hydrogens (tertiary/aromatic N) is 3. The SMILES string of the molecule is COc1ccc(-c2cn[nH]n2)cc1C(=O)N1CCC(CCOS(C)(=O)=O)(c2ccc(Cl)c(Cl)c2)C1. The summed E-state index contributed by atoms with van der Waals surface area (Å²) in [5.41, 5.74) is 2.02. The maximum absolute atomic E-state index is 13.6. The normalized spacial score (nSPS) is 18.1. The van der Waals surface area contributed by atoms with Crippen LogP contribution in [0.15, 0.2) is 42.6 Å². The third kappa shape index (κ3) is 5.61. The molecule has 1 N–H and O–H groups in total. The molecule has 0 saturated carbocycles. The number of aromatic amines is 1. The quantitative estimate of drug-likeness (QED) is 0.432. The highest BCUT2D eigenvalue weighted by Crippen LogP contribution is 2.41. The van der Waals surface area contributed by atoms with E-state index in [2.05, 4.69) is 15.4 Å². The maximum atomic E-state index is 13.6. The van der Waals surface area contributed by atoms with Crippen LogP contribution < -0.4 is 4.74 Å². The van der Waals surface area contributed by atoms with Gasteiger partial charge in [0.1, 0.15) is 11.4 Å². The Morgan fingerprint density at radius 2 is 2.00 bits per heavy atom. The van der Waals surface area contributed by atoms with Crippen LogP contribution in [0.1, 0.15) is 28.8 Å². The Bertz CT molecular complexity index is 1330. The number of likely N-dealkylation sites (tertiary alicyclic amines) is 1. The summed E-state index contributed by atoms with van der Waals surface area (Å²) in [6.07, 6.45) is 3.55. The molecule has 0 spiro atoms. The van der Waals surface area contributed by atoms with Crippen LogP contribution in [0.4, 0.5) is 0 Å². The minimum atomic E-state index is -3.61. The van der Waals surface area contributed by atoms with Gasteiger partial charge in [0.05, 0.1) is 41.8 Å². The van der Waals surface area contributed by atoms with Gasteiger partial charge >= 0.3 is 0 Å². The molecular formula is C23H24Cl2N4O5S. The molecule has 2 heterocycles. The highest BCUT2D eigenvalue weighted by atomic mass is 35.5. The highest BCUT2D eigenvalue weighted by molar-refractivity contribution is 7.85. The Balaban J connectivity index is 1.65. The lowest BCUT2D eigenvalue weighted by atomic mass is 9.77. The first-order chi connectivity index (χ1) is 16.6. The predicted molar refractivity (Wildman–Crippen MR) is 132 cm³/mol. The van der Waals surface area contributed by atoms with Crippen molar-refractivity contribution in [1.29, 1.82) is 0 Å². The zero-order chi connectivity index (χ0) is 25.2. The number of hydrogen-bond donors (Lipinski definition) is 1. The number of H-pyrrole nitrogens is 1. The number of carbonyl (C=O) groups excluding carboxylic acids is 1. The summed E-state index contributed by atoms with van der Waals surface area (Å²) < 4.78 is 33.6. The summed E-state index contributed by atoms with van der Waals surface area (Å²) in [4.78, 5) is 15.4. The molecule has 3 aromatic rings. The fourth-order valence-electron chi connectivity index (χ4n) is 4.39. The fourth-order valence-corrected chi connectivity index (χ4v) is 5.07. The Hall–Kier alpha value is -2.66. The number of carbonyl (C=O) groups is 1. The fraction of sp³-hybridized carbons (Fsp3) is 0.348. The maximum Gasteiger partial charge on any atom is 0.264 e. The van der Waals surface area contributed by atoms with E-state index in [0.29, 0.717) is 53.0 Å². The van der Waals surface area contributed by atoms with E-state index in [1.54, 1.807) is 41.4 Å². The molecule has 1 aromatic heterocycles. The van der Waals surface area contributed by atoms with Gasteiger partial charge in [-0.1, -0.05) is 29.3 Å². The smallest absolute Gasteiger partial charge is 0.264 e. The first kappa shape index (κ1) is 25.4. The van der Waals surface area contributed by atoms with E-state index in [0.717, 1.165) is 17.4 Å². The second-order valence-corrected chi connectivity index (χ2v) is 10.9. The molecule has 35 heavy (non-hydrogen) atoms. The van der Waals surface area contributed by atoms with Crippen LogP contribution >= 0.6 is 23.2 Å². The number of rotatable bonds is 8. The summed E-state index contributed by atoms with van der Waals surface area (Å²) in [5, 5.41) is 11.3. The van der Waals surface area contributed by atoms with E-state index in [4.69, 9.17) is 32.1 Å². The largest absolute Gasteiger partial charge is 0.496 e. The van der Waals surface area contributed by atoms with Gasteiger partial charge in [-0.25, -0.2) is 0 Å². The Labute approximate surface area is 213 Å². The summed E-state index contributed by atoms with van der Waals surface area (Å²) in [7, 11) is -2.10. The second kappa shape index (κ2) is 10.1. The molecule has 4 rings (SSSR count). The van der Waals surface area contributed by atoms with E-state index in [1.165, 1.54) is 7.11 Å². The van der Waals surface area contributed by atoms with E-state index in [-0.39, 0.29) is 12.5 Å². The van der Waals surface area contributed by atoms with Crippen molar-refractivity contribution in [1.82, 2.24) is 20.3 Å². The zero-order valence-corrected chi connectivity index (χ0v) is 21.5. The number of benzene rings is 2. The number of ether oxygens (including phenoxy) is 1. The van der Waals surface area contributed by atoms with Crippen molar-refractivity contribution in [3.05, 3.63) is 63.8 Å². The monoisotopic (exact) mass is 538 g/mol. The van der Waals surface area contributed by atoms with Gasteiger partial charge in [-0.2, -0.15) is 23.8 Å². The first-order valence-electron chi connectivity index (χ1n) is 10.8. The molecule has 0 radical (unpaired) electrons. The van der Waals surface area contributed by atoms with E-state index < -0.39 is 15.5 Å². The third-order valence-electron chi connectivity index (χ3n) is 6.19. The summed E-state index contributed by atoms with van der Waals surface area (Å²) in [6, 6.07) is 10.6. The first-order valence-corrected chi connectivity index (χ1v) is 13.3. The van der Waals surface area contributed by atoms with E-state index in [1.807, 2.05) is 6.07 Å². The number of aromatic nitrogens is 3. The average Bonchev–Trinajstić information content (AvgIpc) is 3.50. The third-order valence-corrected chi connectivity index (χ3v) is 7.53. The van der Waals surface area contributed by atoms with Crippen molar-refractivity contribution < 1.29 is 22.1 Å². The van der Waals surface area contributed by atoms with E-state index >= 15 is 0 Å². The number of methoxy groups -OCH3 is 1. The summed E-state index contributed by atoms with van der Waals surface area (Å²) >= 11 is 12.4. The Morgan fingerprint density at radius 1 is 1.20 bits per heavy atom. The lowest BCUT2D eigenvalue weighted by molar-refractivity contribution is 0.0777. The van der Waals surface area contributed by atoms with Gasteiger partial charge < -0.3 is 9.64 Å². The average molecular weight is 539 g/mol. The summed E-state index contributed by atoms with van der Waals surface area (Å²) in [6.45, 7) is 0.773. The van der Waals surface area contributed by atoms with Crippen LogP contribution in [0.5, 0.6) is 5.75 Å². The van der Waals surface area contributed by atoms with Crippen LogP contribution in [-0.4, -0.2) is 67.7 Å². The van der Waals surface area contributed by atoms with Crippen molar-refractivity contribution in [3.8, 4) is 17.0 Å². The lowest BCUT2D eigenvalue weighted by Crippen LogP contribution is -2.35. The van der Waals surface area contributed by atoms with Crippen LogP contribution in [0, 0.1) is 0 Å². The molecule has 186 valence electrons. The van der Waals surface area contributed by atoms with Crippen molar-refractivity contribution in [3.63, 3.8) is 0 Å². The molecule has 1 amide bonds. The number of hydrogen-bond acceptors (Lipinski definition) is 7. The summed E-state index contributed by atoms with van der Waals surface area (Å²) in [5.74, 6) is 0.229. The minimum absolute atomic E-state index is 0.0218. The topological polar surface area (TPSA) is 114 Å². The zero-order valence-electron chi connectivity index (χ0n) is 19.1. The molecule has 0 bridgehead atoms. The molecule has 0 aliphatic carbocycles. The van der Waals surface area contributed by atoms with Crippen LogP contribution in [0.2, 0.25) is 10.0 Å². The van der Waals surface area contributed by atoms with E-state index in [9.17, 15) is 13.2 Å². The molecule has 9 nitrogen and oxygen atoms in total. The predicted octanol–water partition coefficient (Wildman–Crippen LogP) is 3.94. The van der Waals surface area contributed by atoms with Crippen LogP contribution in [-0.2, 0) is 19.7 Å². The van der Waals surface area contributed by atoms with Crippen LogP contribution in [0.25, 0.3) is 11.3 Å². The molecule has 1 fully saturated rings. The number of amides is 1. The number of halogens is 2. The van der Waals surface area contributed by atoms with Gasteiger partial charge in [-0.3, -0.25) is 8.98 Å². The molecule has 1 atom stereocenters. The van der Waals surface area contributed by atoms with Crippen LogP contribution in [0.3, 0.4) is 0 Å². The van der Waals surface area contributed by atoms with Gasteiger partial charge in [0, 0.05) is 24.1 Å². The molecule has 1 aliphatic rings. The molecule has 1 saturated heterocycles. The Morgan fingerprint density at radius 3 is 2.66 bits per heavy atom. The van der Waals surface area contributed by atoms with Crippen molar-refractivity contribution in [2.75, 3.05) is 33.1 Å². The van der Waals surface area contributed by atoms with Crippen molar-refractivity contribution in [2.45, 2.75) is 18.3 Å². The molecule has 2 aromatic carbocycles. The molecule has 12 heteroatoms. The standard InChI is InChI=1S/C23H24Cl2N4O5S/c1-33-21-6-3-15(20-13-26-28-27-20)11-17(21)22(30)29-9-7-23(14-29,8-10-34-35(2,31)32)16-4-5-18(24)19(25)12-16/h3-6,11-13H,7-10,14H2,1-2H3,(H,26,27,28). The molecule has 1 aliphatic heterocycles. The minimum Gasteiger partial charge on any atom is -0.496 e. The molecule has 1 unspecified atom stereocenters. The van der Waals surface area contributed by atoms with Gasteiger partial charge in [0.2, 0.25) is 0 Å². The Kier molecular flexibility index (Phi) is 7.37. The number of nitrogens with one attached hydrogen (secondary N) is 1. The van der Waals surface area contributed by atoms with Gasteiger partial charge in [0.25, 0.3) is 16.0 Å². The van der Waals surface area contributed by atoms with Crippen molar-refractivity contribution >= 4 is 39.2 Å². The van der Waals surface area contributed by atoms with Gasteiger partial charge in [-0.15, -0.1) is 0 Å². The van der Waals surface area contributed by atoms with Gasteiger partial charge in [0.15, 0.2) is 0 Å². The molecular weight excluding hydrogens is 515 g/mol. The highest BCUT2D eigenvalue weighted by Gasteiger charge is 2.42. The van der Waals surface area contributed by atoms with Gasteiger partial charge in [-0.05, 0) is 48.7 Å². The lowest BCUT2D eigenvalue weighted by Gasteiger charge is -2.30.